The predicted octanol–water partition coefficient (Wildman–Crippen LogP) is 1.64. The number of aromatic amines is 1. The van der Waals surface area contributed by atoms with Crippen LogP contribution in [0.5, 0.6) is 5.75 Å². The second-order valence-corrected chi connectivity index (χ2v) is 4.42. The van der Waals surface area contributed by atoms with E-state index in [0.29, 0.717) is 22.6 Å². The third-order valence-corrected chi connectivity index (χ3v) is 2.94. The molecule has 0 spiro atoms. The summed E-state index contributed by atoms with van der Waals surface area (Å²) in [6.45, 7) is 0.252. The summed E-state index contributed by atoms with van der Waals surface area (Å²) in [4.78, 5) is 25.7. The quantitative estimate of drug-likeness (QED) is 0.602. The Morgan fingerprint density at radius 3 is 2.64 bits per heavy atom. The lowest BCUT2D eigenvalue weighted by atomic mass is 10.1. The molecule has 1 aromatic carbocycles. The van der Waals surface area contributed by atoms with Crippen molar-refractivity contribution < 1.29 is 19.1 Å². The molecule has 22 heavy (non-hydrogen) atoms. The zero-order valence-corrected chi connectivity index (χ0v) is 12.1. The minimum absolute atomic E-state index is 0.0969. The molecule has 0 bridgehead atoms. The van der Waals surface area contributed by atoms with Gasteiger partial charge in [0, 0.05) is 13.3 Å². The summed E-state index contributed by atoms with van der Waals surface area (Å²) < 4.78 is 10.1. The van der Waals surface area contributed by atoms with Gasteiger partial charge < -0.3 is 19.8 Å². The molecule has 6 heteroatoms. The van der Waals surface area contributed by atoms with Crippen LogP contribution in [-0.4, -0.2) is 37.3 Å². The molecule has 0 fully saturated rings. The first-order valence-corrected chi connectivity index (χ1v) is 6.62. The molecule has 6 nitrogen and oxygen atoms in total. The van der Waals surface area contributed by atoms with Crippen LogP contribution in [0.15, 0.2) is 42.6 Å². The second-order valence-electron chi connectivity index (χ2n) is 4.42. The number of benzene rings is 1. The Morgan fingerprint density at radius 1 is 1.27 bits per heavy atom. The number of nitrogens with one attached hydrogen (secondary N) is 2. The van der Waals surface area contributed by atoms with E-state index in [0.717, 1.165) is 0 Å². The number of rotatable bonds is 7. The summed E-state index contributed by atoms with van der Waals surface area (Å²) in [6.07, 6.45) is 1.66. The number of H-pyrrole nitrogens is 1. The zero-order valence-electron chi connectivity index (χ0n) is 12.1. The van der Waals surface area contributed by atoms with Gasteiger partial charge in [-0.25, -0.2) is 4.79 Å². The van der Waals surface area contributed by atoms with Gasteiger partial charge in [0.2, 0.25) is 0 Å². The van der Waals surface area contributed by atoms with Crippen LogP contribution < -0.4 is 10.1 Å². The van der Waals surface area contributed by atoms with Crippen molar-refractivity contribution in [2.24, 2.45) is 0 Å². The second kappa shape index (κ2) is 7.83. The molecule has 1 aromatic heterocycles. The average Bonchev–Trinajstić information content (AvgIpc) is 3.09. The molecule has 2 rings (SSSR count). The van der Waals surface area contributed by atoms with Crippen molar-refractivity contribution in [3.05, 3.63) is 53.9 Å². The summed E-state index contributed by atoms with van der Waals surface area (Å²) in [5, 5.41) is 2.66. The number of carbonyl (C=O) groups is 1. The lowest BCUT2D eigenvalue weighted by molar-refractivity contribution is 0.0511. The molecule has 1 heterocycles. The van der Waals surface area contributed by atoms with Crippen LogP contribution in [0.3, 0.4) is 0 Å². The Balaban J connectivity index is 1.97. The molecule has 1 amide bonds. The highest BCUT2D eigenvalue weighted by molar-refractivity contribution is 5.95. The minimum Gasteiger partial charge on any atom is -0.468 e. The number of aromatic nitrogens is 1. The largest absolute Gasteiger partial charge is 0.468 e. The molecular weight excluding hydrogens is 284 g/mol. The first kappa shape index (κ1) is 15.6. The van der Waals surface area contributed by atoms with Crippen molar-refractivity contribution in [3.63, 3.8) is 0 Å². The van der Waals surface area contributed by atoms with Gasteiger partial charge in [0.25, 0.3) is 5.91 Å². The normalized spacial score (nSPS) is 9.86. The Morgan fingerprint density at radius 2 is 2.05 bits per heavy atom. The molecule has 114 valence electrons. The first-order valence-electron chi connectivity index (χ1n) is 6.62. The lowest BCUT2D eigenvalue weighted by Crippen LogP contribution is -2.25. The SMILES string of the molecule is COCOc1ccc(C(=C=O)CNC(=O)c2ccc[nH]2)cc1. The van der Waals surface area contributed by atoms with E-state index in [4.69, 9.17) is 9.47 Å². The summed E-state index contributed by atoms with van der Waals surface area (Å²) in [5.74, 6) is 2.21. The smallest absolute Gasteiger partial charge is 0.267 e. The Hall–Kier alpha value is -2.82. The molecule has 0 aliphatic rings. The van der Waals surface area contributed by atoms with Gasteiger partial charge in [-0.3, -0.25) is 4.79 Å². The van der Waals surface area contributed by atoms with Crippen LogP contribution in [0, 0.1) is 0 Å². The Bertz CT molecular complexity index is 656. The van der Waals surface area contributed by atoms with Crippen LogP contribution in [0.4, 0.5) is 0 Å². The fourth-order valence-corrected chi connectivity index (χ4v) is 1.81. The maximum atomic E-state index is 11.8. The van der Waals surface area contributed by atoms with Crippen molar-refractivity contribution in [2.45, 2.75) is 0 Å². The molecule has 2 N–H and O–H groups in total. The summed E-state index contributed by atoms with van der Waals surface area (Å²) in [6, 6.07) is 10.3. The topological polar surface area (TPSA) is 80.4 Å². The standard InChI is InChI=1S/C16H16N2O4/c1-21-11-22-14-6-4-12(5-7-14)13(10-19)9-18-16(20)15-3-2-8-17-15/h2-8,17H,9,11H2,1H3,(H,18,20). The molecule has 2 aromatic rings. The molecule has 0 saturated carbocycles. The molecule has 0 aliphatic heterocycles. The average molecular weight is 300 g/mol. The number of amides is 1. The summed E-state index contributed by atoms with van der Waals surface area (Å²) >= 11 is 0. The van der Waals surface area contributed by atoms with Gasteiger partial charge in [0.05, 0.1) is 12.1 Å². The van der Waals surface area contributed by atoms with Crippen molar-refractivity contribution in [2.75, 3.05) is 20.4 Å². The molecule has 0 radical (unpaired) electrons. The lowest BCUT2D eigenvalue weighted by Gasteiger charge is -2.08. The predicted molar refractivity (Wildman–Crippen MR) is 81.2 cm³/mol. The number of carbonyl (C=O) groups excluding carboxylic acids is 2. The molecule has 0 aliphatic carbocycles. The van der Waals surface area contributed by atoms with E-state index in [-0.39, 0.29) is 19.2 Å². The molecule has 0 atom stereocenters. The fourth-order valence-electron chi connectivity index (χ4n) is 1.81. The number of ether oxygens (including phenoxy) is 2. The van der Waals surface area contributed by atoms with Gasteiger partial charge in [-0.1, -0.05) is 12.1 Å². The third kappa shape index (κ3) is 4.09. The van der Waals surface area contributed by atoms with E-state index in [2.05, 4.69) is 10.3 Å². The van der Waals surface area contributed by atoms with Crippen molar-refractivity contribution in [3.8, 4) is 5.75 Å². The van der Waals surface area contributed by atoms with Crippen molar-refractivity contribution in [1.82, 2.24) is 10.3 Å². The number of methoxy groups -OCH3 is 1. The van der Waals surface area contributed by atoms with Gasteiger partial charge >= 0.3 is 0 Å². The van der Waals surface area contributed by atoms with E-state index in [9.17, 15) is 9.59 Å². The highest BCUT2D eigenvalue weighted by Crippen LogP contribution is 2.17. The van der Waals surface area contributed by atoms with Crippen LogP contribution in [0.1, 0.15) is 16.1 Å². The van der Waals surface area contributed by atoms with E-state index in [1.807, 2.05) is 5.94 Å². The van der Waals surface area contributed by atoms with E-state index in [1.165, 1.54) is 7.11 Å². The summed E-state index contributed by atoms with van der Waals surface area (Å²) in [5.41, 5.74) is 1.47. The Kier molecular flexibility index (Phi) is 5.54. The third-order valence-electron chi connectivity index (χ3n) is 2.94. The van der Waals surface area contributed by atoms with Gasteiger partial charge in [-0.2, -0.15) is 0 Å². The van der Waals surface area contributed by atoms with Crippen LogP contribution in [0.2, 0.25) is 0 Å². The van der Waals surface area contributed by atoms with Crippen molar-refractivity contribution in [1.29, 1.82) is 0 Å². The van der Waals surface area contributed by atoms with E-state index < -0.39 is 0 Å². The first-order chi connectivity index (χ1) is 10.7. The van der Waals surface area contributed by atoms with E-state index >= 15 is 0 Å². The maximum absolute atomic E-state index is 11.8. The van der Waals surface area contributed by atoms with Gasteiger partial charge in [-0.15, -0.1) is 0 Å². The van der Waals surface area contributed by atoms with Gasteiger partial charge in [0.1, 0.15) is 17.4 Å². The highest BCUT2D eigenvalue weighted by Gasteiger charge is 2.09. The van der Waals surface area contributed by atoms with Gasteiger partial charge in [0.15, 0.2) is 6.79 Å². The Labute approximate surface area is 127 Å². The van der Waals surface area contributed by atoms with E-state index in [1.54, 1.807) is 42.6 Å². The monoisotopic (exact) mass is 300 g/mol. The van der Waals surface area contributed by atoms with Crippen LogP contribution in [0.25, 0.3) is 5.57 Å². The molecule has 0 unspecified atom stereocenters. The van der Waals surface area contributed by atoms with Crippen molar-refractivity contribution >= 4 is 17.4 Å². The van der Waals surface area contributed by atoms with Crippen LogP contribution >= 0.6 is 0 Å². The van der Waals surface area contributed by atoms with Crippen LogP contribution in [-0.2, 0) is 9.53 Å². The highest BCUT2D eigenvalue weighted by atomic mass is 16.7. The fraction of sp³-hybridized carbons (Fsp3) is 0.188. The molecule has 0 saturated heterocycles. The van der Waals surface area contributed by atoms with Gasteiger partial charge in [-0.05, 0) is 29.8 Å². The maximum Gasteiger partial charge on any atom is 0.267 e. The number of hydrogen-bond donors (Lipinski definition) is 2. The summed E-state index contributed by atoms with van der Waals surface area (Å²) in [7, 11) is 1.54. The minimum atomic E-state index is -0.280. The zero-order chi connectivity index (χ0) is 15.8. The molecular formula is C16H16N2O4. The number of hydrogen-bond acceptors (Lipinski definition) is 4.